The van der Waals surface area contributed by atoms with Gasteiger partial charge in [0.1, 0.15) is 18.2 Å². The number of benzene rings is 3. The van der Waals surface area contributed by atoms with Crippen LogP contribution in [-0.4, -0.2) is 28.6 Å². The molecule has 1 aromatic heterocycles. The number of ether oxygens (including phenoxy) is 1. The molecule has 1 aliphatic rings. The molecule has 1 aliphatic heterocycles. The summed E-state index contributed by atoms with van der Waals surface area (Å²) in [7, 11) is 0. The van der Waals surface area contributed by atoms with Gasteiger partial charge >= 0.3 is 0 Å². The van der Waals surface area contributed by atoms with Gasteiger partial charge in [0.25, 0.3) is 0 Å². The summed E-state index contributed by atoms with van der Waals surface area (Å²) in [5.41, 5.74) is 4.20. The molecule has 2 heterocycles. The van der Waals surface area contributed by atoms with Gasteiger partial charge in [-0.3, -0.25) is 4.79 Å². The van der Waals surface area contributed by atoms with Crippen LogP contribution in [0.2, 0.25) is 5.02 Å². The minimum absolute atomic E-state index is 0.0241. The first-order valence-electron chi connectivity index (χ1n) is 11.4. The molecular weight excluding hydrogens is 434 g/mol. The Labute approximate surface area is 198 Å². The van der Waals surface area contributed by atoms with Crippen LogP contribution in [0, 0.1) is 0 Å². The van der Waals surface area contributed by atoms with Crippen molar-refractivity contribution in [1.82, 2.24) is 9.55 Å². The monoisotopic (exact) mass is 459 g/mol. The number of rotatable bonds is 7. The Morgan fingerprint density at radius 3 is 2.58 bits per heavy atom. The molecule has 1 saturated heterocycles. The summed E-state index contributed by atoms with van der Waals surface area (Å²) in [6.45, 7) is 3.84. The first-order valence-corrected chi connectivity index (χ1v) is 11.7. The standard InChI is InChI=1S/C27H26ClN3O2/c1-2-19-11-13-21(14-12-19)31-18-20(17-26(31)32)27-29-23-8-4-5-9-24(23)30(27)15-16-33-25-10-6-3-7-22(25)28/h3-14,20H,2,15-18H2,1H3. The largest absolute Gasteiger partial charge is 0.490 e. The highest BCUT2D eigenvalue weighted by atomic mass is 35.5. The van der Waals surface area contributed by atoms with Crippen LogP contribution in [0.4, 0.5) is 5.69 Å². The third-order valence-electron chi connectivity index (χ3n) is 6.24. The van der Waals surface area contributed by atoms with Gasteiger partial charge in [0.2, 0.25) is 5.91 Å². The lowest BCUT2D eigenvalue weighted by molar-refractivity contribution is -0.117. The molecule has 3 aromatic carbocycles. The predicted octanol–water partition coefficient (Wildman–Crippen LogP) is 5.85. The van der Waals surface area contributed by atoms with E-state index in [0.717, 1.165) is 29.0 Å². The minimum atomic E-state index is 0.0241. The van der Waals surface area contributed by atoms with Gasteiger partial charge in [0.05, 0.1) is 22.6 Å². The average Bonchev–Trinajstić information content (AvgIpc) is 3.41. The topological polar surface area (TPSA) is 47.4 Å². The first kappa shape index (κ1) is 21.5. The fourth-order valence-corrected chi connectivity index (χ4v) is 4.68. The van der Waals surface area contributed by atoms with Crippen molar-refractivity contribution in [2.75, 3.05) is 18.1 Å². The maximum atomic E-state index is 12.9. The molecule has 1 amide bonds. The fraction of sp³-hybridized carbons (Fsp3) is 0.259. The zero-order chi connectivity index (χ0) is 22.8. The van der Waals surface area contributed by atoms with Crippen molar-refractivity contribution < 1.29 is 9.53 Å². The molecule has 0 bridgehead atoms. The van der Waals surface area contributed by atoms with Crippen LogP contribution in [0.1, 0.15) is 30.7 Å². The number of aryl methyl sites for hydroxylation is 1. The Kier molecular flexibility index (Phi) is 6.05. The fourth-order valence-electron chi connectivity index (χ4n) is 4.49. The highest BCUT2D eigenvalue weighted by Gasteiger charge is 2.34. The molecule has 0 saturated carbocycles. The van der Waals surface area contributed by atoms with Crippen molar-refractivity contribution in [3.8, 4) is 5.75 Å². The molecule has 33 heavy (non-hydrogen) atoms. The van der Waals surface area contributed by atoms with E-state index in [2.05, 4.69) is 29.7 Å². The molecule has 1 atom stereocenters. The number of para-hydroxylation sites is 3. The summed E-state index contributed by atoms with van der Waals surface area (Å²) < 4.78 is 8.14. The second kappa shape index (κ2) is 9.28. The number of fused-ring (bicyclic) bond motifs is 1. The number of anilines is 1. The van der Waals surface area contributed by atoms with E-state index in [9.17, 15) is 4.79 Å². The molecule has 4 aromatic rings. The third kappa shape index (κ3) is 4.33. The van der Waals surface area contributed by atoms with Gasteiger partial charge in [-0.2, -0.15) is 0 Å². The SMILES string of the molecule is CCc1ccc(N2CC(c3nc4ccccc4n3CCOc3ccccc3Cl)CC2=O)cc1. The van der Waals surface area contributed by atoms with Gasteiger partial charge in [0.15, 0.2) is 0 Å². The van der Waals surface area contributed by atoms with Gasteiger partial charge < -0.3 is 14.2 Å². The number of aromatic nitrogens is 2. The molecule has 0 aliphatic carbocycles. The predicted molar refractivity (Wildman–Crippen MR) is 132 cm³/mol. The van der Waals surface area contributed by atoms with Gasteiger partial charge in [-0.15, -0.1) is 0 Å². The number of halogens is 1. The molecule has 5 rings (SSSR count). The van der Waals surface area contributed by atoms with E-state index in [0.29, 0.717) is 36.9 Å². The van der Waals surface area contributed by atoms with E-state index in [-0.39, 0.29) is 11.8 Å². The van der Waals surface area contributed by atoms with Crippen molar-refractivity contribution >= 4 is 34.2 Å². The zero-order valence-corrected chi connectivity index (χ0v) is 19.3. The van der Waals surface area contributed by atoms with Crippen LogP contribution in [0.15, 0.2) is 72.8 Å². The normalized spacial score (nSPS) is 16.0. The summed E-state index contributed by atoms with van der Waals surface area (Å²) in [5, 5.41) is 0.597. The third-order valence-corrected chi connectivity index (χ3v) is 6.55. The van der Waals surface area contributed by atoms with E-state index in [1.54, 1.807) is 0 Å². The summed E-state index contributed by atoms with van der Waals surface area (Å²) >= 11 is 6.24. The highest BCUT2D eigenvalue weighted by Crippen LogP contribution is 2.33. The van der Waals surface area contributed by atoms with Gasteiger partial charge in [0, 0.05) is 24.6 Å². The summed E-state index contributed by atoms with van der Waals surface area (Å²) in [6, 6.07) is 23.8. The summed E-state index contributed by atoms with van der Waals surface area (Å²) in [4.78, 5) is 19.7. The lowest BCUT2D eigenvalue weighted by Gasteiger charge is -2.18. The zero-order valence-electron chi connectivity index (χ0n) is 18.6. The first-order chi connectivity index (χ1) is 16.1. The van der Waals surface area contributed by atoms with E-state index in [1.165, 1.54) is 5.56 Å². The molecule has 6 heteroatoms. The number of hydrogen-bond acceptors (Lipinski definition) is 3. The second-order valence-corrected chi connectivity index (χ2v) is 8.72. The molecule has 0 spiro atoms. The number of hydrogen-bond donors (Lipinski definition) is 0. The van der Waals surface area contributed by atoms with Crippen LogP contribution < -0.4 is 9.64 Å². The highest BCUT2D eigenvalue weighted by molar-refractivity contribution is 6.32. The van der Waals surface area contributed by atoms with Gasteiger partial charge in [-0.1, -0.05) is 54.9 Å². The second-order valence-electron chi connectivity index (χ2n) is 8.31. The van der Waals surface area contributed by atoms with E-state index >= 15 is 0 Å². The Morgan fingerprint density at radius 1 is 1.03 bits per heavy atom. The summed E-state index contributed by atoms with van der Waals surface area (Å²) in [6.07, 6.45) is 1.43. The molecule has 168 valence electrons. The lowest BCUT2D eigenvalue weighted by atomic mass is 10.1. The lowest BCUT2D eigenvalue weighted by Crippen LogP contribution is -2.24. The van der Waals surface area contributed by atoms with E-state index in [4.69, 9.17) is 21.3 Å². The van der Waals surface area contributed by atoms with Crippen molar-refractivity contribution in [1.29, 1.82) is 0 Å². The number of imidazole rings is 1. The number of nitrogens with zero attached hydrogens (tertiary/aromatic N) is 3. The molecule has 1 fully saturated rings. The molecule has 1 unspecified atom stereocenters. The van der Waals surface area contributed by atoms with Crippen molar-refractivity contribution in [3.63, 3.8) is 0 Å². The summed E-state index contributed by atoms with van der Waals surface area (Å²) in [5.74, 6) is 1.76. The Bertz CT molecular complexity index is 1280. The number of amides is 1. The van der Waals surface area contributed by atoms with Crippen LogP contribution in [0.3, 0.4) is 0 Å². The minimum Gasteiger partial charge on any atom is -0.490 e. The molecular formula is C27H26ClN3O2. The van der Waals surface area contributed by atoms with Crippen LogP contribution in [0.5, 0.6) is 5.75 Å². The Hall–Kier alpha value is -3.31. The Morgan fingerprint density at radius 2 is 1.79 bits per heavy atom. The number of carbonyl (C=O) groups is 1. The van der Waals surface area contributed by atoms with E-state index in [1.807, 2.05) is 59.5 Å². The maximum absolute atomic E-state index is 12.9. The van der Waals surface area contributed by atoms with Gasteiger partial charge in [-0.25, -0.2) is 4.98 Å². The van der Waals surface area contributed by atoms with Crippen molar-refractivity contribution in [3.05, 3.63) is 89.2 Å². The molecule has 5 nitrogen and oxygen atoms in total. The van der Waals surface area contributed by atoms with Crippen LogP contribution in [0.25, 0.3) is 11.0 Å². The van der Waals surface area contributed by atoms with Crippen molar-refractivity contribution in [2.45, 2.75) is 32.2 Å². The van der Waals surface area contributed by atoms with Crippen LogP contribution in [-0.2, 0) is 17.8 Å². The maximum Gasteiger partial charge on any atom is 0.227 e. The van der Waals surface area contributed by atoms with Crippen molar-refractivity contribution in [2.24, 2.45) is 0 Å². The quantitative estimate of drug-likeness (QED) is 0.348. The van der Waals surface area contributed by atoms with Gasteiger partial charge in [-0.05, 0) is 48.4 Å². The average molecular weight is 460 g/mol. The smallest absolute Gasteiger partial charge is 0.227 e. The van der Waals surface area contributed by atoms with E-state index < -0.39 is 0 Å². The Balaban J connectivity index is 1.39. The number of carbonyl (C=O) groups excluding carboxylic acids is 1. The molecule has 0 radical (unpaired) electrons. The van der Waals surface area contributed by atoms with Crippen LogP contribution >= 0.6 is 11.6 Å². The molecule has 0 N–H and O–H groups in total.